The molecule has 13 heteroatoms. The van der Waals surface area contributed by atoms with E-state index in [0.29, 0.717) is 28.7 Å². The van der Waals surface area contributed by atoms with Gasteiger partial charge < -0.3 is 19.1 Å². The number of sulfone groups is 1. The molecule has 0 fully saturated rings. The number of hydrogen-bond acceptors (Lipinski definition) is 8. The van der Waals surface area contributed by atoms with Gasteiger partial charge in [-0.25, -0.2) is 8.42 Å². The Balaban J connectivity index is 1.77. The fraction of sp³-hybridized carbons (Fsp3) is 0.333. The summed E-state index contributed by atoms with van der Waals surface area (Å²) >= 11 is 7.24. The monoisotopic (exact) mass is 486 g/mol. The summed E-state index contributed by atoms with van der Waals surface area (Å²) in [5.41, 5.74) is 0.795. The second kappa shape index (κ2) is 9.73. The van der Waals surface area contributed by atoms with E-state index < -0.39 is 33.2 Å². The average molecular weight is 487 g/mol. The third kappa shape index (κ3) is 6.23. The van der Waals surface area contributed by atoms with Crippen LogP contribution in [0.1, 0.15) is 5.76 Å². The van der Waals surface area contributed by atoms with E-state index in [2.05, 4.69) is 15.5 Å². The van der Waals surface area contributed by atoms with E-state index in [1.807, 2.05) is 0 Å². The maximum atomic E-state index is 12.4. The number of anilines is 1. The van der Waals surface area contributed by atoms with E-state index in [4.69, 9.17) is 20.9 Å². The summed E-state index contributed by atoms with van der Waals surface area (Å²) < 4.78 is 37.0. The van der Waals surface area contributed by atoms with Gasteiger partial charge in [0.1, 0.15) is 17.3 Å². The van der Waals surface area contributed by atoms with Crippen LogP contribution in [0, 0.1) is 6.92 Å². The van der Waals surface area contributed by atoms with E-state index in [0.717, 1.165) is 10.2 Å². The lowest BCUT2D eigenvalue weighted by Crippen LogP contribution is -2.28. The van der Waals surface area contributed by atoms with Gasteiger partial charge in [-0.15, -0.1) is 0 Å². The van der Waals surface area contributed by atoms with Crippen LogP contribution >= 0.6 is 22.9 Å². The van der Waals surface area contributed by atoms with Gasteiger partial charge in [-0.1, -0.05) is 28.1 Å². The lowest BCUT2D eigenvalue weighted by atomic mass is 10.3. The molecule has 0 saturated heterocycles. The highest BCUT2D eigenvalue weighted by molar-refractivity contribution is 7.92. The summed E-state index contributed by atoms with van der Waals surface area (Å²) in [6, 6.07) is 6.68. The number of aromatic nitrogens is 2. The zero-order chi connectivity index (χ0) is 22.6. The molecule has 2 heterocycles. The fourth-order valence-corrected chi connectivity index (χ4v) is 5.08. The maximum absolute atomic E-state index is 12.4. The number of hydrogen-bond donors (Lipinski definition) is 1. The Morgan fingerprint density at radius 2 is 2.10 bits per heavy atom. The molecule has 10 nitrogen and oxygen atoms in total. The molecule has 166 valence electrons. The third-order valence-electron chi connectivity index (χ3n) is 3.97. The van der Waals surface area contributed by atoms with Crippen LogP contribution in [0.4, 0.5) is 5.82 Å². The van der Waals surface area contributed by atoms with Crippen molar-refractivity contribution in [3.8, 4) is 0 Å². The second-order valence-corrected chi connectivity index (χ2v) is 10.1. The Kier molecular flexibility index (Phi) is 7.26. The minimum absolute atomic E-state index is 0.0943. The van der Waals surface area contributed by atoms with E-state index in [9.17, 15) is 18.0 Å². The van der Waals surface area contributed by atoms with Crippen LogP contribution in [0.3, 0.4) is 0 Å². The molecule has 2 aromatic heterocycles. The normalized spacial score (nSPS) is 12.4. The number of ether oxygens (including phenoxy) is 1. The molecule has 0 aliphatic carbocycles. The number of rotatable bonds is 8. The number of nitrogens with one attached hydrogen (secondary N) is 1. The number of amides is 2. The number of thiazole rings is 1. The van der Waals surface area contributed by atoms with Crippen molar-refractivity contribution < 1.29 is 27.3 Å². The summed E-state index contributed by atoms with van der Waals surface area (Å²) in [5, 5.41) is 6.39. The first-order valence-electron chi connectivity index (χ1n) is 8.96. The number of aryl methyl sites for hydroxylation is 1. The number of methoxy groups -OCH3 is 1. The molecule has 3 rings (SSSR count). The van der Waals surface area contributed by atoms with Gasteiger partial charge in [-0.2, -0.15) is 4.99 Å². The number of fused-ring (bicyclic) bond motifs is 1. The third-order valence-corrected chi connectivity index (χ3v) is 6.64. The van der Waals surface area contributed by atoms with E-state index in [1.54, 1.807) is 36.8 Å². The molecular weight excluding hydrogens is 468 g/mol. The van der Waals surface area contributed by atoms with Gasteiger partial charge in [0.2, 0.25) is 5.91 Å². The average Bonchev–Trinajstić information content (AvgIpc) is 3.20. The van der Waals surface area contributed by atoms with Crippen molar-refractivity contribution in [2.75, 3.05) is 30.5 Å². The SMILES string of the molecule is COCCn1c(=NC(=O)CS(=O)(=O)CC(=O)Nc2cc(C)on2)sc2cc(Cl)ccc21. The largest absolute Gasteiger partial charge is 0.383 e. The van der Waals surface area contributed by atoms with E-state index in [1.165, 1.54) is 17.4 Å². The van der Waals surface area contributed by atoms with Crippen molar-refractivity contribution in [1.82, 2.24) is 9.72 Å². The molecule has 3 aromatic rings. The Morgan fingerprint density at radius 3 is 2.77 bits per heavy atom. The van der Waals surface area contributed by atoms with Gasteiger partial charge in [0.05, 0.1) is 16.8 Å². The zero-order valence-electron chi connectivity index (χ0n) is 16.6. The topological polar surface area (TPSA) is 133 Å². The predicted molar refractivity (Wildman–Crippen MR) is 116 cm³/mol. The predicted octanol–water partition coefficient (Wildman–Crippen LogP) is 1.78. The van der Waals surface area contributed by atoms with Crippen LogP contribution in [0.25, 0.3) is 10.2 Å². The lowest BCUT2D eigenvalue weighted by Gasteiger charge is -2.04. The Bertz CT molecular complexity index is 1290. The van der Waals surface area contributed by atoms with Gasteiger partial charge in [0.25, 0.3) is 5.91 Å². The van der Waals surface area contributed by atoms with Gasteiger partial charge in [0, 0.05) is 24.7 Å². The van der Waals surface area contributed by atoms with E-state index >= 15 is 0 Å². The molecule has 0 aliphatic rings. The van der Waals surface area contributed by atoms with Crippen LogP contribution in [0.15, 0.2) is 33.8 Å². The van der Waals surface area contributed by atoms with Crippen molar-refractivity contribution in [2.45, 2.75) is 13.5 Å². The second-order valence-electron chi connectivity index (χ2n) is 6.55. The van der Waals surface area contributed by atoms with Crippen LogP contribution in [-0.2, 0) is 30.7 Å². The molecule has 2 amide bonds. The Morgan fingerprint density at radius 1 is 1.32 bits per heavy atom. The number of halogens is 1. The molecular formula is C18H19ClN4O6S2. The highest BCUT2D eigenvalue weighted by atomic mass is 35.5. The molecule has 0 unspecified atom stereocenters. The summed E-state index contributed by atoms with van der Waals surface area (Å²) in [7, 11) is -2.50. The first-order valence-corrected chi connectivity index (χ1v) is 12.0. The minimum atomic E-state index is -4.04. The summed E-state index contributed by atoms with van der Waals surface area (Å²) in [6.45, 7) is 2.41. The first kappa shape index (κ1) is 23.1. The molecule has 0 bridgehead atoms. The van der Waals surface area contributed by atoms with Crippen LogP contribution in [-0.4, -0.2) is 55.2 Å². The lowest BCUT2D eigenvalue weighted by molar-refractivity contribution is -0.115. The molecule has 1 N–H and O–H groups in total. The van der Waals surface area contributed by atoms with Gasteiger partial charge >= 0.3 is 0 Å². The number of benzene rings is 1. The van der Waals surface area contributed by atoms with Crippen LogP contribution < -0.4 is 10.1 Å². The first-order chi connectivity index (χ1) is 14.7. The van der Waals surface area contributed by atoms with E-state index in [-0.39, 0.29) is 5.82 Å². The number of carbonyl (C=O) groups excluding carboxylic acids is 2. The molecule has 0 aliphatic heterocycles. The van der Waals surface area contributed by atoms with Crippen molar-refractivity contribution in [3.63, 3.8) is 0 Å². The smallest absolute Gasteiger partial charge is 0.263 e. The standard InChI is InChI=1S/C18H19ClN4O6S2/c1-11-7-15(22-29-11)20-16(24)9-31(26,27)10-17(25)21-18-23(5-6-28-2)13-4-3-12(19)8-14(13)30-18/h3-4,7-8H,5-6,9-10H2,1-2H3,(H,20,22,24). The molecule has 0 spiro atoms. The quantitative estimate of drug-likeness (QED) is 0.513. The summed E-state index contributed by atoms with van der Waals surface area (Å²) in [5.74, 6) is -2.94. The Labute approximate surface area is 186 Å². The Hall–Kier alpha value is -2.54. The summed E-state index contributed by atoms with van der Waals surface area (Å²) in [6.07, 6.45) is 0. The van der Waals surface area contributed by atoms with Crippen molar-refractivity contribution in [2.24, 2.45) is 4.99 Å². The maximum Gasteiger partial charge on any atom is 0.263 e. The minimum Gasteiger partial charge on any atom is -0.383 e. The van der Waals surface area contributed by atoms with Crippen molar-refractivity contribution >= 4 is 60.6 Å². The molecule has 31 heavy (non-hydrogen) atoms. The molecule has 0 radical (unpaired) electrons. The van der Waals surface area contributed by atoms with Gasteiger partial charge in [0.15, 0.2) is 20.5 Å². The molecule has 0 atom stereocenters. The van der Waals surface area contributed by atoms with Crippen molar-refractivity contribution in [3.05, 3.63) is 39.8 Å². The highest BCUT2D eigenvalue weighted by Crippen LogP contribution is 2.21. The summed E-state index contributed by atoms with van der Waals surface area (Å²) in [4.78, 5) is 28.6. The fourth-order valence-electron chi connectivity index (χ4n) is 2.71. The highest BCUT2D eigenvalue weighted by Gasteiger charge is 2.22. The van der Waals surface area contributed by atoms with Crippen LogP contribution in [0.2, 0.25) is 5.02 Å². The zero-order valence-corrected chi connectivity index (χ0v) is 19.0. The van der Waals surface area contributed by atoms with Crippen molar-refractivity contribution in [1.29, 1.82) is 0 Å². The van der Waals surface area contributed by atoms with Gasteiger partial charge in [-0.3, -0.25) is 9.59 Å². The molecule has 1 aromatic carbocycles. The number of carbonyl (C=O) groups is 2. The number of nitrogens with zero attached hydrogens (tertiary/aromatic N) is 3. The van der Waals surface area contributed by atoms with Gasteiger partial charge in [-0.05, 0) is 25.1 Å². The molecule has 0 saturated carbocycles. The van der Waals surface area contributed by atoms with Crippen LogP contribution in [0.5, 0.6) is 0 Å².